The lowest BCUT2D eigenvalue weighted by molar-refractivity contribution is -0.227. The van der Waals surface area contributed by atoms with Gasteiger partial charge in [-0.15, -0.1) is 0 Å². The predicted octanol–water partition coefficient (Wildman–Crippen LogP) is 2.39. The van der Waals surface area contributed by atoms with Crippen molar-refractivity contribution in [2.75, 3.05) is 13.2 Å². The van der Waals surface area contributed by atoms with Crippen molar-refractivity contribution in [1.82, 2.24) is 0 Å². The van der Waals surface area contributed by atoms with E-state index in [2.05, 4.69) is 0 Å². The smallest absolute Gasteiger partial charge is 0.180 e. The molecule has 1 aliphatic heterocycles. The Kier molecular flexibility index (Phi) is 3.56. The van der Waals surface area contributed by atoms with Crippen molar-refractivity contribution < 1.29 is 14.3 Å². The molecule has 0 spiro atoms. The number of ether oxygens (including phenoxy) is 2. The van der Waals surface area contributed by atoms with Crippen molar-refractivity contribution in [2.24, 2.45) is 11.3 Å². The summed E-state index contributed by atoms with van der Waals surface area (Å²) in [6.07, 6.45) is 0.707. The van der Waals surface area contributed by atoms with E-state index in [9.17, 15) is 4.79 Å². The second-order valence-electron chi connectivity index (χ2n) is 4.95. The van der Waals surface area contributed by atoms with Crippen LogP contribution in [0.5, 0.6) is 0 Å². The van der Waals surface area contributed by atoms with Gasteiger partial charge in [-0.05, 0) is 20.3 Å². The fourth-order valence-corrected chi connectivity index (χ4v) is 2.37. The predicted molar refractivity (Wildman–Crippen MR) is 58.6 cm³/mol. The third-order valence-corrected chi connectivity index (χ3v) is 3.31. The van der Waals surface area contributed by atoms with Crippen molar-refractivity contribution in [2.45, 2.75) is 46.8 Å². The van der Waals surface area contributed by atoms with Crippen molar-refractivity contribution >= 4 is 5.78 Å². The first-order valence-corrected chi connectivity index (χ1v) is 5.69. The van der Waals surface area contributed by atoms with Crippen LogP contribution < -0.4 is 0 Å². The fourth-order valence-electron chi connectivity index (χ4n) is 2.37. The first-order valence-electron chi connectivity index (χ1n) is 5.69. The summed E-state index contributed by atoms with van der Waals surface area (Å²) in [5, 5.41) is 0. The Bertz CT molecular complexity index is 237. The van der Waals surface area contributed by atoms with Gasteiger partial charge in [0, 0.05) is 5.92 Å². The zero-order valence-corrected chi connectivity index (χ0v) is 10.4. The van der Waals surface area contributed by atoms with Crippen LogP contribution in [0.2, 0.25) is 0 Å². The minimum absolute atomic E-state index is 0.0104. The highest BCUT2D eigenvalue weighted by atomic mass is 16.7. The summed E-state index contributed by atoms with van der Waals surface area (Å²) in [5.74, 6) is -0.503. The molecule has 1 aliphatic rings. The highest BCUT2D eigenvalue weighted by Crippen LogP contribution is 2.42. The van der Waals surface area contributed by atoms with Gasteiger partial charge >= 0.3 is 0 Å². The number of rotatable bonds is 4. The van der Waals surface area contributed by atoms with Gasteiger partial charge in [-0.3, -0.25) is 4.79 Å². The molecule has 0 saturated carbocycles. The summed E-state index contributed by atoms with van der Waals surface area (Å²) in [7, 11) is 0. The highest BCUT2D eigenvalue weighted by molar-refractivity contribution is 5.86. The number of hydrogen-bond acceptors (Lipinski definition) is 3. The van der Waals surface area contributed by atoms with Gasteiger partial charge in [-0.25, -0.2) is 0 Å². The maximum Gasteiger partial charge on any atom is 0.180 e. The van der Waals surface area contributed by atoms with Gasteiger partial charge in [0.2, 0.25) is 0 Å². The Labute approximate surface area is 92.1 Å². The minimum Gasteiger partial charge on any atom is -0.347 e. The Morgan fingerprint density at radius 3 is 2.13 bits per heavy atom. The second-order valence-corrected chi connectivity index (χ2v) is 4.95. The van der Waals surface area contributed by atoms with Crippen LogP contribution >= 0.6 is 0 Å². The number of carbonyl (C=O) groups excluding carboxylic acids is 1. The van der Waals surface area contributed by atoms with Gasteiger partial charge in [-0.1, -0.05) is 20.8 Å². The van der Waals surface area contributed by atoms with Gasteiger partial charge in [0.25, 0.3) is 0 Å². The van der Waals surface area contributed by atoms with Gasteiger partial charge in [0.05, 0.1) is 18.6 Å². The minimum atomic E-state index is -0.714. The van der Waals surface area contributed by atoms with Crippen LogP contribution in [0.25, 0.3) is 0 Å². The van der Waals surface area contributed by atoms with E-state index in [1.807, 2.05) is 34.6 Å². The molecule has 3 heteroatoms. The van der Waals surface area contributed by atoms with Gasteiger partial charge < -0.3 is 9.47 Å². The molecule has 1 heterocycles. The summed E-state index contributed by atoms with van der Waals surface area (Å²) < 4.78 is 11.4. The first-order chi connectivity index (χ1) is 6.87. The SMILES string of the molecule is CCC1(C(C)(C)C(=O)C(C)C)OCCO1. The lowest BCUT2D eigenvalue weighted by Crippen LogP contribution is -2.51. The molecule has 1 rings (SSSR count). The number of Topliss-reactive ketones (excluding diaryl/α,β-unsaturated/α-hetero) is 1. The number of ketones is 1. The summed E-state index contributed by atoms with van der Waals surface area (Å²) in [6, 6.07) is 0. The lowest BCUT2D eigenvalue weighted by Gasteiger charge is -2.41. The third kappa shape index (κ3) is 1.95. The molecule has 0 bridgehead atoms. The summed E-state index contributed by atoms with van der Waals surface area (Å²) >= 11 is 0. The van der Waals surface area contributed by atoms with E-state index in [4.69, 9.17) is 9.47 Å². The first kappa shape index (κ1) is 12.7. The Morgan fingerprint density at radius 1 is 1.33 bits per heavy atom. The van der Waals surface area contributed by atoms with Gasteiger partial charge in [0.1, 0.15) is 5.78 Å². The molecule has 0 radical (unpaired) electrons. The molecular weight excluding hydrogens is 192 g/mol. The van der Waals surface area contributed by atoms with E-state index in [0.717, 1.165) is 0 Å². The van der Waals surface area contributed by atoms with Crippen molar-refractivity contribution in [3.63, 3.8) is 0 Å². The molecule has 88 valence electrons. The van der Waals surface area contributed by atoms with E-state index in [0.29, 0.717) is 19.6 Å². The van der Waals surface area contributed by atoms with Gasteiger partial charge in [-0.2, -0.15) is 0 Å². The monoisotopic (exact) mass is 214 g/mol. The number of carbonyl (C=O) groups is 1. The Balaban J connectivity index is 2.96. The fraction of sp³-hybridized carbons (Fsp3) is 0.917. The average molecular weight is 214 g/mol. The molecule has 0 atom stereocenters. The van der Waals surface area contributed by atoms with Gasteiger partial charge in [0.15, 0.2) is 5.79 Å². The summed E-state index contributed by atoms with van der Waals surface area (Å²) in [4.78, 5) is 12.2. The average Bonchev–Trinajstić information content (AvgIpc) is 2.66. The van der Waals surface area contributed by atoms with Crippen molar-refractivity contribution in [3.8, 4) is 0 Å². The third-order valence-electron chi connectivity index (χ3n) is 3.31. The van der Waals surface area contributed by atoms with E-state index < -0.39 is 11.2 Å². The van der Waals surface area contributed by atoms with Crippen LogP contribution in [0.1, 0.15) is 41.0 Å². The summed E-state index contributed by atoms with van der Waals surface area (Å²) in [6.45, 7) is 10.9. The molecule has 0 aromatic rings. The van der Waals surface area contributed by atoms with Crippen LogP contribution in [0.3, 0.4) is 0 Å². The lowest BCUT2D eigenvalue weighted by atomic mass is 9.74. The molecule has 0 aliphatic carbocycles. The van der Waals surface area contributed by atoms with Crippen molar-refractivity contribution in [1.29, 1.82) is 0 Å². The molecule has 0 aromatic carbocycles. The molecule has 0 amide bonds. The molecule has 1 fully saturated rings. The quantitative estimate of drug-likeness (QED) is 0.721. The summed E-state index contributed by atoms with van der Waals surface area (Å²) in [5.41, 5.74) is -0.577. The molecular formula is C12H22O3. The zero-order chi connectivity index (χ0) is 11.7. The Morgan fingerprint density at radius 2 is 1.80 bits per heavy atom. The molecule has 15 heavy (non-hydrogen) atoms. The van der Waals surface area contributed by atoms with Crippen LogP contribution in [0, 0.1) is 11.3 Å². The normalized spacial score (nSPS) is 20.9. The van der Waals surface area contributed by atoms with E-state index in [1.54, 1.807) is 0 Å². The van der Waals surface area contributed by atoms with E-state index >= 15 is 0 Å². The van der Waals surface area contributed by atoms with Crippen LogP contribution in [0.4, 0.5) is 0 Å². The molecule has 0 unspecified atom stereocenters. The van der Waals surface area contributed by atoms with Crippen LogP contribution in [-0.4, -0.2) is 24.8 Å². The second kappa shape index (κ2) is 4.22. The standard InChI is InChI=1S/C12H22O3/c1-6-12(14-7-8-15-12)11(4,5)10(13)9(2)3/h9H,6-8H2,1-5H3. The number of hydrogen-bond donors (Lipinski definition) is 0. The maximum atomic E-state index is 12.2. The Hall–Kier alpha value is -0.410. The molecule has 1 saturated heterocycles. The molecule has 0 aromatic heterocycles. The van der Waals surface area contributed by atoms with Crippen molar-refractivity contribution in [3.05, 3.63) is 0 Å². The molecule has 3 nitrogen and oxygen atoms in total. The topological polar surface area (TPSA) is 35.5 Å². The van der Waals surface area contributed by atoms with Crippen LogP contribution in [-0.2, 0) is 14.3 Å². The molecule has 0 N–H and O–H groups in total. The zero-order valence-electron chi connectivity index (χ0n) is 10.4. The highest BCUT2D eigenvalue weighted by Gasteiger charge is 2.53. The maximum absolute atomic E-state index is 12.2. The van der Waals surface area contributed by atoms with E-state index in [-0.39, 0.29) is 11.7 Å². The van der Waals surface area contributed by atoms with Crippen LogP contribution in [0.15, 0.2) is 0 Å². The largest absolute Gasteiger partial charge is 0.347 e. The van der Waals surface area contributed by atoms with E-state index in [1.165, 1.54) is 0 Å².